The average Bonchev–Trinajstić information content (AvgIpc) is 4.03. The summed E-state index contributed by atoms with van der Waals surface area (Å²) in [6, 6.07) is 13.1. The number of ether oxygens (including phenoxy) is 1. The van der Waals surface area contributed by atoms with Gasteiger partial charge in [0, 0.05) is 97.8 Å². The standard InChI is InChI=1S/C45H48ClN11O7S/c1-4-33-45(63)54(2)35-22-48-39(50-42(35)56(33)24-29-11-14-38(46)65-29)21-27-9-8-26(20-37(27)64-3)36(58)13-10-28-23-55(53-52-28)19-18-47-17-16-41(60)49-32-7-5-6-30-31(32)25-57(44(30)62)34-12-15-40(59)51-43(34)61/h5-9,11,14,20,22-23,33-34,47H,4,10,12-13,15-19,21,24-25H2,1-3H3,(H,49,60)(H,51,59,61)/t33-,34?/m1/s1. The molecule has 2 aromatic carbocycles. The third-order valence-corrected chi connectivity index (χ3v) is 13.0. The highest BCUT2D eigenvalue weighted by atomic mass is 35.5. The van der Waals surface area contributed by atoms with Crippen LogP contribution in [0.15, 0.2) is 60.9 Å². The van der Waals surface area contributed by atoms with Gasteiger partial charge in [0.1, 0.15) is 29.3 Å². The van der Waals surface area contributed by atoms with Gasteiger partial charge in [0.15, 0.2) is 11.6 Å². The molecule has 3 aromatic heterocycles. The Bertz CT molecular complexity index is 2670. The molecule has 3 aliphatic heterocycles. The van der Waals surface area contributed by atoms with Crippen LogP contribution in [0.25, 0.3) is 0 Å². The summed E-state index contributed by atoms with van der Waals surface area (Å²) < 4.78 is 8.09. The van der Waals surface area contributed by atoms with Gasteiger partial charge in [0.25, 0.3) is 5.91 Å². The number of carbonyl (C=O) groups excluding carboxylic acids is 6. The fourth-order valence-electron chi connectivity index (χ4n) is 8.36. The molecule has 6 heterocycles. The molecule has 0 saturated carbocycles. The highest BCUT2D eigenvalue weighted by Gasteiger charge is 2.40. The number of anilines is 3. The van der Waals surface area contributed by atoms with Crippen LogP contribution in [0.4, 0.5) is 17.2 Å². The van der Waals surface area contributed by atoms with E-state index in [9.17, 15) is 28.8 Å². The summed E-state index contributed by atoms with van der Waals surface area (Å²) >= 11 is 7.70. The first-order valence-electron chi connectivity index (χ1n) is 21.4. The Hall–Kier alpha value is -6.57. The smallest absolute Gasteiger partial charge is 0.255 e. The first kappa shape index (κ1) is 45.0. The van der Waals surface area contributed by atoms with Crippen LogP contribution in [0, 0.1) is 0 Å². The van der Waals surface area contributed by atoms with Gasteiger partial charge >= 0.3 is 0 Å². The lowest BCUT2D eigenvalue weighted by molar-refractivity contribution is -0.137. The molecule has 338 valence electrons. The predicted octanol–water partition coefficient (Wildman–Crippen LogP) is 4.34. The Morgan fingerprint density at radius 2 is 1.91 bits per heavy atom. The second kappa shape index (κ2) is 19.7. The molecule has 0 radical (unpaired) electrons. The van der Waals surface area contributed by atoms with Crippen LogP contribution in [-0.4, -0.2) is 105 Å². The lowest BCUT2D eigenvalue weighted by Gasteiger charge is -2.40. The summed E-state index contributed by atoms with van der Waals surface area (Å²) in [7, 11) is 3.30. The first-order chi connectivity index (χ1) is 31.4. The van der Waals surface area contributed by atoms with Crippen molar-refractivity contribution in [3.05, 3.63) is 104 Å². The number of ketones is 1. The molecule has 0 aliphatic carbocycles. The highest BCUT2D eigenvalue weighted by molar-refractivity contribution is 7.16. The van der Waals surface area contributed by atoms with Crippen molar-refractivity contribution >= 4 is 75.4 Å². The molecule has 0 spiro atoms. The number of aryl methyl sites for hydroxylation is 1. The quantitative estimate of drug-likeness (QED) is 0.0635. The van der Waals surface area contributed by atoms with Gasteiger partial charge in [-0.25, -0.2) is 9.97 Å². The zero-order valence-corrected chi connectivity index (χ0v) is 37.7. The van der Waals surface area contributed by atoms with Gasteiger partial charge in [-0.2, -0.15) is 0 Å². The number of piperidine rings is 1. The number of rotatable bonds is 18. The molecular weight excluding hydrogens is 874 g/mol. The van der Waals surface area contributed by atoms with Crippen LogP contribution < -0.4 is 30.5 Å². The van der Waals surface area contributed by atoms with Crippen molar-refractivity contribution in [2.45, 2.75) is 83.6 Å². The molecule has 18 nitrogen and oxygen atoms in total. The van der Waals surface area contributed by atoms with Gasteiger partial charge in [0.05, 0.1) is 36.4 Å². The number of hydrogen-bond acceptors (Lipinski definition) is 14. The summed E-state index contributed by atoms with van der Waals surface area (Å²) in [5.74, 6) is 0.283. The maximum atomic E-state index is 13.3. The van der Waals surface area contributed by atoms with E-state index < -0.39 is 11.9 Å². The number of methoxy groups -OCH3 is 1. The summed E-state index contributed by atoms with van der Waals surface area (Å²) in [6.45, 7) is 4.04. The fourth-order valence-corrected chi connectivity index (χ4v) is 9.45. The van der Waals surface area contributed by atoms with E-state index >= 15 is 0 Å². The SMILES string of the molecule is CC[C@@H]1C(=O)N(C)c2cnc(Cc3ccc(C(=O)CCc4cn(CCNCCC(=O)Nc5cccc6c5CN(C5CCC(=O)NC5=O)C6=O)nn4)cc3OC)nc2N1Cc1ccc(Cl)s1. The molecule has 1 fully saturated rings. The molecule has 3 aliphatic rings. The Labute approximate surface area is 383 Å². The molecular formula is C45H48ClN11O7S. The van der Waals surface area contributed by atoms with Crippen molar-refractivity contribution in [2.24, 2.45) is 0 Å². The van der Waals surface area contributed by atoms with Crippen molar-refractivity contribution in [2.75, 3.05) is 42.4 Å². The number of hydrogen-bond donors (Lipinski definition) is 3. The molecule has 1 saturated heterocycles. The van der Waals surface area contributed by atoms with E-state index in [2.05, 4.69) is 31.2 Å². The van der Waals surface area contributed by atoms with Crippen molar-refractivity contribution in [1.82, 2.24) is 40.5 Å². The number of fused-ring (bicyclic) bond motifs is 2. The van der Waals surface area contributed by atoms with E-state index in [1.165, 1.54) is 16.2 Å². The number of amides is 5. The summed E-state index contributed by atoms with van der Waals surface area (Å²) in [6.07, 6.45) is 5.63. The van der Waals surface area contributed by atoms with E-state index in [4.69, 9.17) is 21.3 Å². The monoisotopic (exact) mass is 921 g/mol. The summed E-state index contributed by atoms with van der Waals surface area (Å²) in [5.41, 5.74) is 4.19. The van der Waals surface area contributed by atoms with Crippen LogP contribution in [0.3, 0.4) is 0 Å². The maximum absolute atomic E-state index is 13.3. The van der Waals surface area contributed by atoms with Crippen molar-refractivity contribution < 1.29 is 33.5 Å². The van der Waals surface area contributed by atoms with Gasteiger partial charge in [-0.15, -0.1) is 16.4 Å². The van der Waals surface area contributed by atoms with Gasteiger partial charge < -0.3 is 30.1 Å². The maximum Gasteiger partial charge on any atom is 0.255 e. The number of nitrogens with zero attached hydrogens (tertiary/aromatic N) is 8. The van der Waals surface area contributed by atoms with E-state index in [0.29, 0.717) is 101 Å². The number of carbonyl (C=O) groups is 6. The van der Waals surface area contributed by atoms with Crippen LogP contribution in [-0.2, 0) is 51.7 Å². The molecule has 5 amide bonds. The minimum atomic E-state index is -0.738. The van der Waals surface area contributed by atoms with Gasteiger partial charge in [-0.3, -0.25) is 38.8 Å². The highest BCUT2D eigenvalue weighted by Crippen LogP contribution is 2.37. The number of thiophene rings is 1. The van der Waals surface area contributed by atoms with Crippen LogP contribution in [0.1, 0.15) is 87.3 Å². The van der Waals surface area contributed by atoms with Crippen molar-refractivity contribution in [3.63, 3.8) is 0 Å². The van der Waals surface area contributed by atoms with E-state index in [1.54, 1.807) is 66.5 Å². The number of benzene rings is 2. The summed E-state index contributed by atoms with van der Waals surface area (Å²) in [4.78, 5) is 92.4. The number of Topliss-reactive ketones (excluding diaryl/α,β-unsaturated/α-hetero) is 1. The normalized spacial score (nSPS) is 17.0. The number of likely N-dealkylation sites (N-methyl/N-ethyl adjacent to an activating group) is 1. The average molecular weight is 922 g/mol. The third kappa shape index (κ3) is 9.91. The molecule has 2 atom stereocenters. The largest absolute Gasteiger partial charge is 0.496 e. The van der Waals surface area contributed by atoms with Crippen molar-refractivity contribution in [3.8, 4) is 5.75 Å². The lowest BCUT2D eigenvalue weighted by Crippen LogP contribution is -2.52. The van der Waals surface area contributed by atoms with Gasteiger partial charge in [-0.05, 0) is 43.2 Å². The number of aromatic nitrogens is 5. The fraction of sp³-hybridized carbons (Fsp3) is 0.378. The Balaban J connectivity index is 0.795. The molecule has 5 aromatic rings. The van der Waals surface area contributed by atoms with Crippen molar-refractivity contribution in [1.29, 1.82) is 0 Å². The van der Waals surface area contributed by atoms with E-state index in [1.807, 2.05) is 30.0 Å². The Morgan fingerprint density at radius 1 is 1.06 bits per heavy atom. The predicted molar refractivity (Wildman–Crippen MR) is 242 cm³/mol. The third-order valence-electron chi connectivity index (χ3n) is 11.8. The molecule has 20 heteroatoms. The Morgan fingerprint density at radius 3 is 2.68 bits per heavy atom. The number of nitrogens with one attached hydrogen (secondary N) is 3. The lowest BCUT2D eigenvalue weighted by atomic mass is 10.0. The van der Waals surface area contributed by atoms with Gasteiger partial charge in [0.2, 0.25) is 23.6 Å². The second-order valence-corrected chi connectivity index (χ2v) is 17.8. The minimum absolute atomic E-state index is 0.0191. The first-order valence-corrected chi connectivity index (χ1v) is 22.6. The second-order valence-electron chi connectivity index (χ2n) is 16.0. The molecule has 3 N–H and O–H groups in total. The number of imide groups is 1. The zero-order valence-electron chi connectivity index (χ0n) is 36.1. The summed E-state index contributed by atoms with van der Waals surface area (Å²) in [5, 5.41) is 16.9. The molecule has 65 heavy (non-hydrogen) atoms. The molecule has 0 bridgehead atoms. The van der Waals surface area contributed by atoms with Crippen LogP contribution >= 0.6 is 22.9 Å². The van der Waals surface area contributed by atoms with E-state index in [-0.39, 0.29) is 67.7 Å². The van der Waals surface area contributed by atoms with E-state index in [0.717, 1.165) is 10.4 Å². The molecule has 1 unspecified atom stereocenters. The minimum Gasteiger partial charge on any atom is -0.496 e. The van der Waals surface area contributed by atoms with Crippen LogP contribution in [0.5, 0.6) is 5.75 Å². The number of halogens is 1. The topological polar surface area (TPSA) is 214 Å². The van der Waals surface area contributed by atoms with Gasteiger partial charge in [-0.1, -0.05) is 41.9 Å². The Kier molecular flexibility index (Phi) is 13.6. The zero-order chi connectivity index (χ0) is 45.8. The van der Waals surface area contributed by atoms with Crippen LogP contribution in [0.2, 0.25) is 4.34 Å². The molecule has 8 rings (SSSR count).